The second-order valence-corrected chi connectivity index (χ2v) is 32.2. The van der Waals surface area contributed by atoms with Crippen molar-refractivity contribution in [3.05, 3.63) is 307 Å². The fourth-order valence-corrected chi connectivity index (χ4v) is 17.0. The van der Waals surface area contributed by atoms with Crippen molar-refractivity contribution in [2.75, 3.05) is 0 Å². The fraction of sp³-hybridized carbons (Fsp3) is 0.167. The van der Waals surface area contributed by atoms with E-state index in [1.165, 1.54) is 0 Å². The Morgan fingerprint density at radius 3 is 0.347 bits per heavy atom. The molecular weight excluding hydrogens is 2060 g/mol. The minimum absolute atomic E-state index is 0.0952. The molecule has 0 spiro atoms. The summed E-state index contributed by atoms with van der Waals surface area (Å²) in [6, 6.07) is 7.51. The van der Waals surface area contributed by atoms with E-state index in [0.29, 0.717) is 24.3 Å². The first-order valence-electron chi connectivity index (χ1n) is 39.4. The molecule has 0 atom stereocenters. The largest absolute Gasteiger partial charge is 0.417 e. The zero-order valence-corrected chi connectivity index (χ0v) is 68.9. The molecule has 0 aliphatic rings. The van der Waals surface area contributed by atoms with Crippen LogP contribution in [-0.2, 0) is 98.8 Å². The third-order valence-electron chi connectivity index (χ3n) is 23.2. The van der Waals surface area contributed by atoms with Crippen LogP contribution in [0.1, 0.15) is 89.0 Å². The topological polar surface area (TPSA) is 0 Å². The van der Waals surface area contributed by atoms with Gasteiger partial charge in [-0.2, -0.15) is 211 Å². The molecule has 0 aliphatic carbocycles. The number of alkyl halides is 48. The lowest BCUT2D eigenvalue weighted by Gasteiger charge is -2.25. The maximum Gasteiger partial charge on any atom is 0.417 e. The lowest BCUT2D eigenvalue weighted by Crippen LogP contribution is -2.13. The van der Waals surface area contributed by atoms with Gasteiger partial charge in [-0.05, 0) is 299 Å². The summed E-state index contributed by atoms with van der Waals surface area (Å²) in [6.45, 7) is 0. The van der Waals surface area contributed by atoms with E-state index in [9.17, 15) is 211 Å². The summed E-state index contributed by atoms with van der Waals surface area (Å²) in [6.07, 6.45) is -89.9. The Bertz CT molecular complexity index is 6770. The molecule has 0 saturated heterocycles. The van der Waals surface area contributed by atoms with Gasteiger partial charge >= 0.3 is 98.8 Å². The average molecular weight is 2100 g/mol. The van der Waals surface area contributed by atoms with E-state index in [2.05, 4.69) is 0 Å². The minimum atomic E-state index is -5.78. The first-order chi connectivity index (χ1) is 65.5. The summed E-state index contributed by atoms with van der Waals surface area (Å²) in [5.74, 6) is 0. The highest BCUT2D eigenvalue weighted by molar-refractivity contribution is 6.34. The molecule has 0 radical (unpaired) electrons. The van der Waals surface area contributed by atoms with Crippen LogP contribution >= 0.6 is 0 Å². The maximum absolute atomic E-state index is 14.9. The first-order valence-corrected chi connectivity index (χ1v) is 39.4. The Morgan fingerprint density at radius 1 is 0.0972 bits per heavy atom. The van der Waals surface area contributed by atoms with Crippen LogP contribution in [0, 0.1) is 0 Å². The number of rotatable bonds is 8. The Balaban J connectivity index is 0.000000217. The van der Waals surface area contributed by atoms with Gasteiger partial charge in [0, 0.05) is 0 Å². The predicted molar refractivity (Wildman–Crippen MR) is 424 cm³/mol. The van der Waals surface area contributed by atoms with Gasteiger partial charge < -0.3 is 0 Å². The van der Waals surface area contributed by atoms with E-state index < -0.39 is 366 Å². The third kappa shape index (κ3) is 20.0. The summed E-state index contributed by atoms with van der Waals surface area (Å²) in [4.78, 5) is 0. The zero-order valence-electron chi connectivity index (χ0n) is 68.9. The van der Waals surface area contributed by atoms with Gasteiger partial charge in [-0.1, -0.05) is 72.8 Å². The molecule has 0 nitrogen and oxygen atoms in total. The minimum Gasteiger partial charge on any atom is -0.166 e. The van der Waals surface area contributed by atoms with Gasteiger partial charge in [-0.3, -0.25) is 0 Å². The molecule has 144 heavy (non-hydrogen) atoms. The Kier molecular flexibility index (Phi) is 24.6. The maximum atomic E-state index is 14.9. The molecule has 0 saturated carbocycles. The van der Waals surface area contributed by atoms with E-state index in [-0.39, 0.29) is 121 Å². The van der Waals surface area contributed by atoms with E-state index in [4.69, 9.17) is 0 Å². The van der Waals surface area contributed by atoms with Gasteiger partial charge in [0.05, 0.1) is 89.0 Å². The number of halogens is 48. The van der Waals surface area contributed by atoms with Gasteiger partial charge in [0.25, 0.3) is 0 Å². The lowest BCUT2D eigenvalue weighted by molar-refractivity contribution is -0.144. The van der Waals surface area contributed by atoms with Crippen LogP contribution in [0.25, 0.3) is 154 Å². The van der Waals surface area contributed by atoms with Crippen molar-refractivity contribution in [2.24, 2.45) is 0 Å². The SMILES string of the molecule is FC(F)(F)c1cc(-c2cc(-c3cc(C(F)(F)F)cc(C(F)(F)F)c3)c3ccc4c(-c5cc(C(F)(F)F)cc(C(F)(F)F)c5)cc(-c5cc(C(F)(F)F)cc(C(F)(F)F)c5)c5ccc2c3c54)cc(C(F)(F)F)c1.FC(F)(F)c1ccc(-c2cc(-c3ccc(C(F)(F)F)cc3C(F)(F)F)c3ccc4c(-c5ccc(C(F)(F)F)cc5C(F)(F)F)cc(-c5ccc(C(F)(F)F)cc5C(F)(F)F)c5ccc2c3c54)c(C(F)(F)F)c1. The van der Waals surface area contributed by atoms with E-state index in [1.54, 1.807) is 0 Å². The van der Waals surface area contributed by atoms with Crippen molar-refractivity contribution in [2.45, 2.75) is 98.8 Å². The van der Waals surface area contributed by atoms with Crippen LogP contribution in [0.5, 0.6) is 0 Å². The van der Waals surface area contributed by atoms with Gasteiger partial charge in [0.15, 0.2) is 0 Å². The summed E-state index contributed by atoms with van der Waals surface area (Å²) >= 11 is 0. The van der Waals surface area contributed by atoms with Crippen molar-refractivity contribution < 1.29 is 211 Å². The molecule has 0 fully saturated rings. The molecule has 0 N–H and O–H groups in total. The van der Waals surface area contributed by atoms with E-state index >= 15 is 0 Å². The van der Waals surface area contributed by atoms with Crippen molar-refractivity contribution in [3.8, 4) is 89.0 Å². The fourth-order valence-electron chi connectivity index (χ4n) is 17.0. The lowest BCUT2D eigenvalue weighted by atomic mass is 9.80. The number of hydrogen-bond acceptors (Lipinski definition) is 0. The van der Waals surface area contributed by atoms with Crippen LogP contribution in [0.3, 0.4) is 0 Å². The Hall–Kier alpha value is -13.8. The average Bonchev–Trinajstić information content (AvgIpc) is 0.695. The molecule has 0 aromatic heterocycles. The van der Waals surface area contributed by atoms with Gasteiger partial charge in [-0.25, -0.2) is 0 Å². The molecule has 16 aromatic carbocycles. The first kappa shape index (κ1) is 105. The van der Waals surface area contributed by atoms with Crippen LogP contribution < -0.4 is 0 Å². The standard InChI is InChI=1S/2C48H18F24/c49-41(50,51)19-1-5-23(35(13-19)45(61,62)63)31-17-32(24-6-2-20(42(52,53)54)14-36(24)46(64,65)66)28-11-12-30-34(26-8-4-22(44(58,59)60)16-38(26)48(70,71)72)18-33(29-10-9-27(31)39(28)40(29)30)25-7-3-21(43(55,56)57)15-37(25)47(67,68)69;49-41(50,51)23-5-19(6-24(13-23)42(52,53)54)35-17-37(21-9-27(45(61,62)63)15-28(10-21)46(64,65)66)33-3-4-34-38(22-11-29(47(67,68)69)16-30(12-22)48(70,71)72)18-36(32-2-1-31(35)39(33)40(32)34)20-7-25(43(55,56)57)14-26(8-20)44(58,59)60/h2*1-18H. The van der Waals surface area contributed by atoms with Crippen LogP contribution in [0.15, 0.2) is 218 Å². The normalized spacial score (nSPS) is 13.8. The molecule has 756 valence electrons. The summed E-state index contributed by atoms with van der Waals surface area (Å²) < 4.78 is 689. The second-order valence-electron chi connectivity index (χ2n) is 32.2. The molecule has 0 bridgehead atoms. The Morgan fingerprint density at radius 2 is 0.222 bits per heavy atom. The quantitative estimate of drug-likeness (QED) is 0.105. The summed E-state index contributed by atoms with van der Waals surface area (Å²) in [5, 5.41) is -7.88. The molecule has 0 amide bonds. The van der Waals surface area contributed by atoms with Gasteiger partial charge in [0.1, 0.15) is 0 Å². The Labute approximate surface area is 768 Å². The molecule has 0 aliphatic heterocycles. The van der Waals surface area contributed by atoms with Crippen LogP contribution in [0.4, 0.5) is 211 Å². The second kappa shape index (κ2) is 33.9. The molecular formula is C96H36F48. The van der Waals surface area contributed by atoms with E-state index in [1.807, 2.05) is 0 Å². The highest BCUT2D eigenvalue weighted by Crippen LogP contribution is 2.59. The van der Waals surface area contributed by atoms with Crippen molar-refractivity contribution in [3.63, 3.8) is 0 Å². The summed E-state index contributed by atoms with van der Waals surface area (Å²) in [7, 11) is 0. The monoisotopic (exact) mass is 2100 g/mol. The number of benzene rings is 16. The van der Waals surface area contributed by atoms with Gasteiger partial charge in [0.2, 0.25) is 0 Å². The highest BCUT2D eigenvalue weighted by atomic mass is 19.5. The zero-order chi connectivity index (χ0) is 107. The van der Waals surface area contributed by atoms with Crippen LogP contribution in [-0.4, -0.2) is 0 Å². The number of hydrogen-bond donors (Lipinski definition) is 0. The molecule has 48 heteroatoms. The van der Waals surface area contributed by atoms with Gasteiger partial charge in [-0.15, -0.1) is 0 Å². The highest BCUT2D eigenvalue weighted by Gasteiger charge is 2.49. The smallest absolute Gasteiger partial charge is 0.166 e. The van der Waals surface area contributed by atoms with E-state index in [0.717, 1.165) is 48.5 Å². The molecule has 0 heterocycles. The van der Waals surface area contributed by atoms with Crippen LogP contribution in [0.2, 0.25) is 0 Å². The molecule has 16 rings (SSSR count). The summed E-state index contributed by atoms with van der Waals surface area (Å²) in [5.41, 5.74) is -49.3. The van der Waals surface area contributed by atoms with Crippen molar-refractivity contribution in [1.82, 2.24) is 0 Å². The van der Waals surface area contributed by atoms with Crippen molar-refractivity contribution in [1.29, 1.82) is 0 Å². The van der Waals surface area contributed by atoms with Crippen molar-refractivity contribution >= 4 is 64.6 Å². The molecule has 0 unspecified atom stereocenters. The predicted octanol–water partition coefficient (Wildman–Crippen LogP) is 38.8. The third-order valence-corrected chi connectivity index (χ3v) is 23.2. The molecule has 16 aromatic rings.